The summed E-state index contributed by atoms with van der Waals surface area (Å²) < 4.78 is 11.0. The van der Waals surface area contributed by atoms with E-state index in [4.69, 9.17) is 9.15 Å². The smallest absolute Gasteiger partial charge is 0.294 e. The molecule has 1 aliphatic rings. The highest BCUT2D eigenvalue weighted by Crippen LogP contribution is 2.19. The normalized spacial score (nSPS) is 15.4. The van der Waals surface area contributed by atoms with Crippen LogP contribution in [0.3, 0.4) is 0 Å². The van der Waals surface area contributed by atoms with Crippen LogP contribution in [-0.2, 0) is 11.2 Å². The van der Waals surface area contributed by atoms with Crippen LogP contribution in [0.15, 0.2) is 46.9 Å². The average Bonchev–Trinajstić information content (AvgIpc) is 3.13. The van der Waals surface area contributed by atoms with Crippen LogP contribution in [0.1, 0.15) is 23.2 Å². The SMILES string of the molecule is CCc1ccc(C(=O)N(CCN2CCOCC2)c2ccccc2)o1. The van der Waals surface area contributed by atoms with Crippen molar-refractivity contribution in [1.29, 1.82) is 0 Å². The van der Waals surface area contributed by atoms with Crippen LogP contribution in [0.5, 0.6) is 0 Å². The standard InChI is InChI=1S/C19H24N2O3/c1-2-17-8-9-18(24-17)19(22)21(16-6-4-3-5-7-16)11-10-20-12-14-23-15-13-20/h3-9H,2,10-15H2,1H3. The lowest BCUT2D eigenvalue weighted by Gasteiger charge is -2.29. The number of rotatable bonds is 6. The summed E-state index contributed by atoms with van der Waals surface area (Å²) in [6, 6.07) is 13.4. The summed E-state index contributed by atoms with van der Waals surface area (Å²) in [6.45, 7) is 6.82. The zero-order valence-electron chi connectivity index (χ0n) is 14.1. The molecule has 0 N–H and O–H groups in total. The predicted molar refractivity (Wildman–Crippen MR) is 93.5 cm³/mol. The molecule has 0 radical (unpaired) electrons. The maximum absolute atomic E-state index is 12.9. The molecule has 1 aliphatic heterocycles. The summed E-state index contributed by atoms with van der Waals surface area (Å²) in [4.78, 5) is 17.1. The fourth-order valence-corrected chi connectivity index (χ4v) is 2.84. The highest BCUT2D eigenvalue weighted by molar-refractivity contribution is 6.04. The van der Waals surface area contributed by atoms with Gasteiger partial charge in [0.05, 0.1) is 13.2 Å². The van der Waals surface area contributed by atoms with Crippen LogP contribution in [0.25, 0.3) is 0 Å². The fourth-order valence-electron chi connectivity index (χ4n) is 2.84. The Morgan fingerprint density at radius 3 is 2.54 bits per heavy atom. The Labute approximate surface area is 142 Å². The molecule has 3 rings (SSSR count). The third kappa shape index (κ3) is 4.04. The first kappa shape index (κ1) is 16.7. The van der Waals surface area contributed by atoms with Crippen molar-refractivity contribution in [2.75, 3.05) is 44.3 Å². The first-order valence-corrected chi connectivity index (χ1v) is 8.53. The highest BCUT2D eigenvalue weighted by Gasteiger charge is 2.22. The molecule has 0 saturated carbocycles. The maximum Gasteiger partial charge on any atom is 0.294 e. The van der Waals surface area contributed by atoms with Gasteiger partial charge in [0.25, 0.3) is 5.91 Å². The van der Waals surface area contributed by atoms with Crippen molar-refractivity contribution in [3.8, 4) is 0 Å². The van der Waals surface area contributed by atoms with Crippen LogP contribution >= 0.6 is 0 Å². The number of morpholine rings is 1. The van der Waals surface area contributed by atoms with Crippen LogP contribution in [0.2, 0.25) is 0 Å². The second kappa shape index (κ2) is 8.13. The van der Waals surface area contributed by atoms with Gasteiger partial charge in [0.2, 0.25) is 0 Å². The number of hydrogen-bond donors (Lipinski definition) is 0. The molecule has 128 valence electrons. The van der Waals surface area contributed by atoms with E-state index in [9.17, 15) is 4.79 Å². The van der Waals surface area contributed by atoms with Gasteiger partial charge in [-0.15, -0.1) is 0 Å². The Kier molecular flexibility index (Phi) is 5.67. The lowest BCUT2D eigenvalue weighted by atomic mass is 10.2. The van der Waals surface area contributed by atoms with Gasteiger partial charge in [-0.1, -0.05) is 25.1 Å². The second-order valence-corrected chi connectivity index (χ2v) is 5.87. The summed E-state index contributed by atoms with van der Waals surface area (Å²) in [5.41, 5.74) is 0.894. The molecule has 1 saturated heterocycles. The molecule has 5 nitrogen and oxygen atoms in total. The van der Waals surface area contributed by atoms with E-state index in [1.807, 2.05) is 43.3 Å². The number of anilines is 1. The molecule has 5 heteroatoms. The van der Waals surface area contributed by atoms with E-state index in [0.29, 0.717) is 12.3 Å². The molecule has 24 heavy (non-hydrogen) atoms. The first-order chi connectivity index (χ1) is 11.8. The molecular weight excluding hydrogens is 304 g/mol. The summed E-state index contributed by atoms with van der Waals surface area (Å²) in [6.07, 6.45) is 0.784. The van der Waals surface area contributed by atoms with E-state index in [1.54, 1.807) is 11.0 Å². The van der Waals surface area contributed by atoms with Gasteiger partial charge in [-0.3, -0.25) is 9.69 Å². The predicted octanol–water partition coefficient (Wildman–Crippen LogP) is 2.82. The number of amides is 1. The van der Waals surface area contributed by atoms with Crippen LogP contribution < -0.4 is 4.90 Å². The zero-order chi connectivity index (χ0) is 16.8. The summed E-state index contributed by atoms with van der Waals surface area (Å²) in [5.74, 6) is 1.14. The monoisotopic (exact) mass is 328 g/mol. The number of hydrogen-bond acceptors (Lipinski definition) is 4. The van der Waals surface area contributed by atoms with Gasteiger partial charge in [0.15, 0.2) is 5.76 Å². The second-order valence-electron chi connectivity index (χ2n) is 5.87. The van der Waals surface area contributed by atoms with Gasteiger partial charge >= 0.3 is 0 Å². The molecule has 0 atom stereocenters. The van der Waals surface area contributed by atoms with Gasteiger partial charge in [-0.05, 0) is 24.3 Å². The average molecular weight is 328 g/mol. The zero-order valence-corrected chi connectivity index (χ0v) is 14.1. The number of benzene rings is 1. The largest absolute Gasteiger partial charge is 0.456 e. The van der Waals surface area contributed by atoms with Crippen molar-refractivity contribution in [1.82, 2.24) is 4.90 Å². The van der Waals surface area contributed by atoms with Gasteiger partial charge < -0.3 is 14.1 Å². The number of ether oxygens (including phenoxy) is 1. The highest BCUT2D eigenvalue weighted by atomic mass is 16.5. The van der Waals surface area contributed by atoms with Gasteiger partial charge in [-0.2, -0.15) is 0 Å². The minimum absolute atomic E-state index is 0.0887. The number of carbonyl (C=O) groups excluding carboxylic acids is 1. The summed E-state index contributed by atoms with van der Waals surface area (Å²) in [7, 11) is 0. The molecular formula is C19H24N2O3. The van der Waals surface area contributed by atoms with Crippen molar-refractivity contribution in [3.63, 3.8) is 0 Å². The maximum atomic E-state index is 12.9. The van der Waals surface area contributed by atoms with E-state index < -0.39 is 0 Å². The van der Waals surface area contributed by atoms with Crippen molar-refractivity contribution >= 4 is 11.6 Å². The van der Waals surface area contributed by atoms with Gasteiger partial charge in [0, 0.05) is 38.3 Å². The Balaban J connectivity index is 1.75. The lowest BCUT2D eigenvalue weighted by molar-refractivity contribution is 0.0390. The molecule has 1 fully saturated rings. The first-order valence-electron chi connectivity index (χ1n) is 8.53. The Morgan fingerprint density at radius 1 is 1.12 bits per heavy atom. The van der Waals surface area contributed by atoms with E-state index in [0.717, 1.165) is 50.7 Å². The Morgan fingerprint density at radius 2 is 1.88 bits per heavy atom. The van der Waals surface area contributed by atoms with Crippen molar-refractivity contribution in [3.05, 3.63) is 54.0 Å². The Hall–Kier alpha value is -2.11. The Bertz CT molecular complexity index is 648. The molecule has 1 amide bonds. The lowest BCUT2D eigenvalue weighted by Crippen LogP contribution is -2.43. The molecule has 2 aromatic rings. The summed E-state index contributed by atoms with van der Waals surface area (Å²) in [5, 5.41) is 0. The minimum atomic E-state index is -0.0887. The van der Waals surface area contributed by atoms with Gasteiger partial charge in [0.1, 0.15) is 5.76 Å². The van der Waals surface area contributed by atoms with E-state index in [-0.39, 0.29) is 5.91 Å². The number of carbonyl (C=O) groups is 1. The quantitative estimate of drug-likeness (QED) is 0.818. The molecule has 0 spiro atoms. The molecule has 2 heterocycles. The van der Waals surface area contributed by atoms with Crippen molar-refractivity contribution < 1.29 is 13.9 Å². The third-order valence-corrected chi connectivity index (χ3v) is 4.28. The molecule has 0 aliphatic carbocycles. The minimum Gasteiger partial charge on any atom is -0.456 e. The number of furan rings is 1. The fraction of sp³-hybridized carbons (Fsp3) is 0.421. The van der Waals surface area contributed by atoms with Crippen LogP contribution in [-0.4, -0.2) is 50.2 Å². The van der Waals surface area contributed by atoms with E-state index in [2.05, 4.69) is 4.90 Å². The molecule has 0 unspecified atom stereocenters. The van der Waals surface area contributed by atoms with E-state index >= 15 is 0 Å². The molecule has 1 aromatic carbocycles. The molecule has 0 bridgehead atoms. The van der Waals surface area contributed by atoms with E-state index in [1.165, 1.54) is 0 Å². The van der Waals surface area contributed by atoms with Crippen LogP contribution in [0.4, 0.5) is 5.69 Å². The van der Waals surface area contributed by atoms with Crippen LogP contribution in [0, 0.1) is 0 Å². The summed E-state index contributed by atoms with van der Waals surface area (Å²) >= 11 is 0. The number of aryl methyl sites for hydroxylation is 1. The number of para-hydroxylation sites is 1. The van der Waals surface area contributed by atoms with Gasteiger partial charge in [-0.25, -0.2) is 0 Å². The number of nitrogens with zero attached hydrogens (tertiary/aromatic N) is 2. The van der Waals surface area contributed by atoms with Crippen molar-refractivity contribution in [2.45, 2.75) is 13.3 Å². The topological polar surface area (TPSA) is 45.9 Å². The third-order valence-electron chi connectivity index (χ3n) is 4.28. The van der Waals surface area contributed by atoms with Crippen molar-refractivity contribution in [2.24, 2.45) is 0 Å². The molecule has 1 aromatic heterocycles.